The molecule has 4 saturated heterocycles. The minimum atomic E-state index is -2.96. The molecule has 1 unspecified atom stereocenters. The van der Waals surface area contributed by atoms with Crippen molar-refractivity contribution in [3.63, 3.8) is 0 Å². The first kappa shape index (κ1) is 97.4. The Morgan fingerprint density at radius 3 is 1.24 bits per heavy atom. The van der Waals surface area contributed by atoms with Crippen molar-refractivity contribution in [3.05, 3.63) is 114 Å². The van der Waals surface area contributed by atoms with E-state index in [1.165, 1.54) is 38.0 Å². The number of halogens is 2. The molecular formula is C98H136F2N20O12S4. The molecule has 8 aromatic heterocycles. The van der Waals surface area contributed by atoms with Crippen LogP contribution in [0.4, 0.5) is 32.1 Å². The Labute approximate surface area is 818 Å². The van der Waals surface area contributed by atoms with Gasteiger partial charge in [-0.2, -0.15) is 0 Å². The molecule has 38 heteroatoms. The number of nitrogens with zero attached hydrogens (tertiary/aromatic N) is 12. The second-order valence-electron chi connectivity index (χ2n) is 39.8. The number of hydrogen-bond donors (Lipinski definition) is 12. The summed E-state index contributed by atoms with van der Waals surface area (Å²) >= 11 is 4.33. The molecule has 7 fully saturated rings. The molecule has 4 aliphatic heterocycles. The van der Waals surface area contributed by atoms with Crippen molar-refractivity contribution in [2.24, 2.45) is 5.92 Å². The number of likely N-dealkylation sites (tertiary alicyclic amines) is 4. The van der Waals surface area contributed by atoms with Gasteiger partial charge in [0.25, 0.3) is 53.2 Å². The van der Waals surface area contributed by atoms with E-state index in [1.807, 2.05) is 105 Å². The van der Waals surface area contributed by atoms with Crippen molar-refractivity contribution in [1.29, 1.82) is 0 Å². The van der Waals surface area contributed by atoms with Crippen molar-refractivity contribution in [2.75, 3.05) is 67.0 Å². The first-order valence-electron chi connectivity index (χ1n) is 49.5. The third-order valence-corrected chi connectivity index (χ3v) is 29.2. The summed E-state index contributed by atoms with van der Waals surface area (Å²) in [5.74, 6) is -2.86. The summed E-state index contributed by atoms with van der Waals surface area (Å²) in [5, 5.41) is 64.4. The van der Waals surface area contributed by atoms with Gasteiger partial charge in [0.1, 0.15) is 46.0 Å². The molecule has 12 heterocycles. The monoisotopic (exact) mass is 1960 g/mol. The van der Waals surface area contributed by atoms with Gasteiger partial charge in [-0.3, -0.25) is 38.4 Å². The molecule has 0 radical (unpaired) electrons. The molecule has 0 bridgehead atoms. The van der Waals surface area contributed by atoms with Crippen LogP contribution in [-0.2, 0) is 0 Å². The van der Waals surface area contributed by atoms with Crippen molar-refractivity contribution in [2.45, 2.75) is 324 Å². The van der Waals surface area contributed by atoms with Gasteiger partial charge >= 0.3 is 0 Å². The normalized spacial score (nSPS) is 21.4. The second-order valence-corrected chi connectivity index (χ2v) is 43.8. The summed E-state index contributed by atoms with van der Waals surface area (Å²) in [6.07, 6.45) is 18.7. The van der Waals surface area contributed by atoms with Crippen LogP contribution in [0.5, 0.6) is 0 Å². The van der Waals surface area contributed by atoms with Gasteiger partial charge in [0.15, 0.2) is 20.0 Å². The molecule has 7 aliphatic rings. The number of amides is 8. The number of hydrogen-bond acceptors (Lipinski definition) is 28. The van der Waals surface area contributed by atoms with Crippen LogP contribution in [0.3, 0.4) is 0 Å². The van der Waals surface area contributed by atoms with Gasteiger partial charge in [-0.25, -0.2) is 48.7 Å². The highest BCUT2D eigenvalue weighted by atomic mass is 32.1. The molecule has 8 aromatic rings. The molecule has 738 valence electrons. The fraction of sp³-hybridized carbons (Fsp3) is 0.592. The predicted molar refractivity (Wildman–Crippen MR) is 530 cm³/mol. The van der Waals surface area contributed by atoms with Gasteiger partial charge < -0.3 is 82.6 Å². The third-order valence-electron chi connectivity index (χ3n) is 24.8. The first-order chi connectivity index (χ1) is 65.8. The lowest BCUT2D eigenvalue weighted by Crippen LogP contribution is -2.53. The molecule has 136 heavy (non-hydrogen) atoms. The van der Waals surface area contributed by atoms with Crippen LogP contribution in [-0.4, -0.2) is 255 Å². The molecule has 0 aromatic carbocycles. The largest absolute Gasteiger partial charge is 0.390 e. The lowest BCUT2D eigenvalue weighted by molar-refractivity contribution is -0.0367. The summed E-state index contributed by atoms with van der Waals surface area (Å²) in [5.41, 5.74) is 1.26. The van der Waals surface area contributed by atoms with Crippen LogP contribution < -0.4 is 42.5 Å². The van der Waals surface area contributed by atoms with E-state index in [0.717, 1.165) is 143 Å². The van der Waals surface area contributed by atoms with Gasteiger partial charge in [0.2, 0.25) is 0 Å². The third kappa shape index (κ3) is 27.0. The van der Waals surface area contributed by atoms with Gasteiger partial charge in [0, 0.05) is 151 Å². The Hall–Kier alpha value is -10.2. The maximum atomic E-state index is 14.0. The standard InChI is InChI=1S/C26H35N5O3S.C24H31F2N5O3S.2C24H35N5O3S/c1-4-19(17-7-8-17)29-20-12-15(2)18(13-27-20)22-21(25(33)31-11-5-6-16(31)3)30-24(35-22)23(32)28-14-26(34)9-10-26;1-12(2)28-17-6-13(3)16(10-27-17)19-18(22(33)31-11-24(25,26)7-14(31)4)30-21(35-19)20(32)29-15-8-23(5,34)9-15;1-14-11-17(28-23(3,4)5)25-12-16(14)19-18(22(31)29-10-8-9-15(29)2)27-21(33-19)20(30)26-13-24(6,7)32;1-7-15(3)27-18-11-14(2)17(12-25-18)20-19(23(31)29-10-8-9-16(29)4)28-22(33-20)21(30)26-13-24(5,6)32/h12-13,16-17,19,34H,4-11,14H2,1-3H3,(H,27,29)(H,28,32);6,10,12,14-15,34H,7-9,11H2,1-5H3,(H,27,28)(H,29,32);11-12,15,32H,8-10,13H2,1-7H3,(H,25,28)(H,26,30);11-12,15-16,32H,7-10,13H2,1-6H3,(H,25,27)(H,26,30)/t16-,19-;14-,15?,23?;15-;15-,16+/m0001/s1/i;;13D2;5D3/t;;m;15-,16+,24?. The van der Waals surface area contributed by atoms with Crippen molar-refractivity contribution < 1.29 is 74.4 Å². The minimum Gasteiger partial charge on any atom is -0.390 e. The summed E-state index contributed by atoms with van der Waals surface area (Å²) < 4.78 is 66.5. The van der Waals surface area contributed by atoms with Gasteiger partial charge in [-0.05, 0) is 274 Å². The van der Waals surface area contributed by atoms with Crippen molar-refractivity contribution >= 4 is 116 Å². The zero-order chi connectivity index (χ0) is 104. The summed E-state index contributed by atoms with van der Waals surface area (Å²) in [4.78, 5) is 150. The molecule has 0 spiro atoms. The maximum absolute atomic E-state index is 14.0. The van der Waals surface area contributed by atoms with Crippen LogP contribution in [0.2, 0.25) is 0 Å². The van der Waals surface area contributed by atoms with E-state index in [-0.39, 0.29) is 109 Å². The van der Waals surface area contributed by atoms with Crippen LogP contribution >= 0.6 is 45.3 Å². The quantitative estimate of drug-likeness (QED) is 0.0207. The van der Waals surface area contributed by atoms with E-state index >= 15 is 0 Å². The Kier molecular flexibility index (Phi) is 30.8. The van der Waals surface area contributed by atoms with Crippen LogP contribution in [0.25, 0.3) is 41.8 Å². The van der Waals surface area contributed by atoms with E-state index < -0.39 is 90.9 Å². The fourth-order valence-electron chi connectivity index (χ4n) is 16.9. The number of aryl methyl sites for hydroxylation is 4. The molecule has 7 atom stereocenters. The Bertz CT molecular complexity index is 5920. The number of aliphatic hydroxyl groups is 4. The number of alkyl halides is 2. The van der Waals surface area contributed by atoms with E-state index in [1.54, 1.807) is 48.4 Å². The number of thiazole rings is 4. The van der Waals surface area contributed by atoms with Crippen LogP contribution in [0, 0.1) is 33.6 Å². The average Bonchev–Trinajstić information content (AvgIpc) is 1.62. The summed E-state index contributed by atoms with van der Waals surface area (Å²) in [6, 6.07) is 7.96. The molecule has 3 saturated carbocycles. The lowest BCUT2D eigenvalue weighted by atomic mass is 9.77. The number of aromatic nitrogens is 8. The topological polar surface area (TPSA) is 430 Å². The Balaban J connectivity index is 0.000000168. The fourth-order valence-corrected chi connectivity index (χ4v) is 21.0. The minimum absolute atomic E-state index is 0.0164. The highest BCUT2D eigenvalue weighted by Gasteiger charge is 2.48. The first-order valence-corrected chi connectivity index (χ1v) is 50.2. The van der Waals surface area contributed by atoms with Gasteiger partial charge in [-0.15, -0.1) is 45.3 Å². The van der Waals surface area contributed by atoms with E-state index in [4.69, 9.17) is 6.85 Å². The molecular weight excluding hydrogens is 1820 g/mol. The number of carbonyl (C=O) groups excluding carboxylic acids is 8. The maximum Gasteiger partial charge on any atom is 0.280 e. The smallest absolute Gasteiger partial charge is 0.280 e. The zero-order valence-corrected chi connectivity index (χ0v) is 84.7. The highest BCUT2D eigenvalue weighted by molar-refractivity contribution is 7.18. The number of pyridine rings is 4. The van der Waals surface area contributed by atoms with E-state index in [2.05, 4.69) is 110 Å². The molecule has 15 rings (SSSR count). The van der Waals surface area contributed by atoms with Crippen molar-refractivity contribution in [3.8, 4) is 41.8 Å². The highest BCUT2D eigenvalue weighted by Crippen LogP contribution is 2.44. The lowest BCUT2D eigenvalue weighted by Gasteiger charge is -2.40. The number of nitrogens with one attached hydrogen (secondary N) is 8. The van der Waals surface area contributed by atoms with Crippen LogP contribution in [0.15, 0.2) is 49.1 Å². The van der Waals surface area contributed by atoms with Crippen molar-refractivity contribution in [1.82, 2.24) is 80.7 Å². The Morgan fingerprint density at radius 2 is 0.897 bits per heavy atom. The Morgan fingerprint density at radius 1 is 0.515 bits per heavy atom. The number of anilines is 4. The SMILES string of the molecule is CC[C@H](Nc1cc(C)c(-c2sc(C(=O)NCC3(O)CC3)nc2C(=O)N2CCC[C@@H]2C)cn1)C1CC1.Cc1cc(NC(C)C)ncc1-c1sc(C(=O)NC2CC(C)(O)C2)nc1C(=O)N1CC(F)(F)C[C@@H]1C.[2H]C([2H])(NC(=O)c1nc(C(=O)N2CCC[C@@H]2C)c(-c2cnc(NC(C)(C)C)cc2C)s1)C(C)(C)O.[2H]C([2H])([2H])C(C)(O)CNC(=O)c1nc(C(=O)N2CCC[C@@H]2C)c(-c2cnc(N[C@H](C)CC)cc2C)s1. The molecule has 12 N–H and O–H groups in total. The van der Waals surface area contributed by atoms with Crippen LogP contribution in [0.1, 0.15) is 324 Å². The molecule has 8 amide bonds. The zero-order valence-electron chi connectivity index (χ0n) is 86.5. The summed E-state index contributed by atoms with van der Waals surface area (Å²) in [6.45, 7) is 33.0. The average molecular weight is 1960 g/mol. The predicted octanol–water partition coefficient (Wildman–Crippen LogP) is 15.5. The van der Waals surface area contributed by atoms with E-state index in [9.17, 15) is 67.6 Å². The number of carbonyl (C=O) groups is 8. The van der Waals surface area contributed by atoms with E-state index in [0.29, 0.717) is 105 Å². The second kappa shape index (κ2) is 43.0. The molecule has 32 nitrogen and oxygen atoms in total. The van der Waals surface area contributed by atoms with Gasteiger partial charge in [-0.1, -0.05) is 13.8 Å². The van der Waals surface area contributed by atoms with Gasteiger partial charge in [0.05, 0.1) is 51.2 Å². The summed E-state index contributed by atoms with van der Waals surface area (Å²) in [7, 11) is 0. The molecule has 3 aliphatic carbocycles. The number of rotatable bonds is 29.